The van der Waals surface area contributed by atoms with Gasteiger partial charge in [-0.15, -0.1) is 0 Å². The van der Waals surface area contributed by atoms with Gasteiger partial charge in [0.25, 0.3) is 5.66 Å². The zero-order valence-corrected chi connectivity index (χ0v) is 9.90. The molecule has 0 saturated carbocycles. The lowest BCUT2D eigenvalue weighted by Crippen LogP contribution is -2.58. The fourth-order valence-corrected chi connectivity index (χ4v) is 2.56. The van der Waals surface area contributed by atoms with E-state index in [1.807, 2.05) is 0 Å². The van der Waals surface area contributed by atoms with Gasteiger partial charge < -0.3 is 0 Å². The molecule has 0 aromatic carbocycles. The van der Waals surface area contributed by atoms with Gasteiger partial charge in [-0.25, -0.2) is 4.90 Å². The van der Waals surface area contributed by atoms with Crippen molar-refractivity contribution in [2.24, 2.45) is 0 Å². The van der Waals surface area contributed by atoms with Gasteiger partial charge in [0.1, 0.15) is 0 Å². The van der Waals surface area contributed by atoms with Crippen molar-refractivity contribution in [2.75, 3.05) is 13.1 Å². The second kappa shape index (κ2) is 4.85. The van der Waals surface area contributed by atoms with Crippen LogP contribution in [0.15, 0.2) is 24.3 Å². The average Bonchev–Trinajstić information content (AvgIpc) is 2.39. The van der Waals surface area contributed by atoms with Crippen LogP contribution in [0, 0.1) is 20.2 Å². The average molecular weight is 253 g/mol. The highest BCUT2D eigenvalue weighted by Crippen LogP contribution is 2.29. The van der Waals surface area contributed by atoms with Crippen molar-refractivity contribution < 1.29 is 9.85 Å². The van der Waals surface area contributed by atoms with E-state index in [9.17, 15) is 20.2 Å². The fourth-order valence-electron chi connectivity index (χ4n) is 2.56. The third kappa shape index (κ3) is 2.13. The van der Waals surface area contributed by atoms with Crippen molar-refractivity contribution in [3.05, 3.63) is 44.5 Å². The Bertz CT molecular complexity index is 421. The number of likely N-dealkylation sites (tertiary alicyclic amines) is 1. The Balaban J connectivity index is 2.22. The summed E-state index contributed by atoms with van der Waals surface area (Å²) in [5, 5.41) is 22.2. The number of hydrogen-bond donors (Lipinski definition) is 0. The number of rotatable bonds is 3. The van der Waals surface area contributed by atoms with Crippen molar-refractivity contribution in [1.29, 1.82) is 0 Å². The topological polar surface area (TPSA) is 89.5 Å². The van der Waals surface area contributed by atoms with Crippen molar-refractivity contribution in [1.82, 2.24) is 4.90 Å². The highest BCUT2D eigenvalue weighted by atomic mass is 16.6. The number of nitrogens with zero attached hydrogens (tertiary/aromatic N) is 3. The third-order valence-electron chi connectivity index (χ3n) is 3.59. The summed E-state index contributed by atoms with van der Waals surface area (Å²) in [4.78, 5) is 23.2. The van der Waals surface area contributed by atoms with E-state index in [1.165, 1.54) is 6.08 Å². The number of hydrogen-bond acceptors (Lipinski definition) is 5. The predicted octanol–water partition coefficient (Wildman–Crippen LogP) is 1.22. The molecule has 0 aromatic rings. The summed E-state index contributed by atoms with van der Waals surface area (Å²) in [6, 6.07) is -0.699. The first-order valence-corrected chi connectivity index (χ1v) is 5.94. The van der Waals surface area contributed by atoms with Gasteiger partial charge in [-0.1, -0.05) is 18.2 Å². The minimum Gasteiger partial charge on any atom is -0.264 e. The van der Waals surface area contributed by atoms with Gasteiger partial charge >= 0.3 is 0 Å². The standard InChI is InChI=1S/C11H15N3O4/c15-13(16)10-5-4-8-12(9-10)11(14(17)18)6-2-1-3-7-11/h1-3,6,10H,4-5,7-9H2. The van der Waals surface area contributed by atoms with E-state index in [-0.39, 0.29) is 22.8 Å². The normalized spacial score (nSPS) is 32.3. The summed E-state index contributed by atoms with van der Waals surface area (Å²) in [5.41, 5.74) is -1.30. The van der Waals surface area contributed by atoms with Crippen LogP contribution in [0.1, 0.15) is 19.3 Å². The van der Waals surface area contributed by atoms with Crippen molar-refractivity contribution in [3.63, 3.8) is 0 Å². The molecule has 1 fully saturated rings. The van der Waals surface area contributed by atoms with E-state index in [0.717, 1.165) is 0 Å². The fraction of sp³-hybridized carbons (Fsp3) is 0.636. The van der Waals surface area contributed by atoms with Gasteiger partial charge in [-0.2, -0.15) is 0 Å². The lowest BCUT2D eigenvalue weighted by atomic mass is 9.95. The maximum atomic E-state index is 11.4. The second-order valence-corrected chi connectivity index (χ2v) is 4.65. The zero-order chi connectivity index (χ0) is 13.2. The molecular weight excluding hydrogens is 238 g/mol. The molecule has 2 unspecified atom stereocenters. The van der Waals surface area contributed by atoms with Crippen molar-refractivity contribution >= 4 is 0 Å². The highest BCUT2D eigenvalue weighted by molar-refractivity contribution is 5.18. The minimum atomic E-state index is -1.30. The Kier molecular flexibility index (Phi) is 3.42. The van der Waals surface area contributed by atoms with Gasteiger partial charge in [0.15, 0.2) is 0 Å². The van der Waals surface area contributed by atoms with Crippen LogP contribution >= 0.6 is 0 Å². The SMILES string of the molecule is O=[N+]([O-])C1CCCN(C2([N+](=O)[O-])C=CC=CC2)C1. The quantitative estimate of drug-likeness (QED) is 0.557. The highest BCUT2D eigenvalue weighted by Gasteiger charge is 2.49. The van der Waals surface area contributed by atoms with Gasteiger partial charge in [-0.3, -0.25) is 20.2 Å². The maximum absolute atomic E-state index is 11.4. The number of allylic oxidation sites excluding steroid dienone is 2. The first kappa shape index (κ1) is 12.7. The van der Waals surface area contributed by atoms with Crippen molar-refractivity contribution in [3.8, 4) is 0 Å². The van der Waals surface area contributed by atoms with Crippen LogP contribution in [0.5, 0.6) is 0 Å². The van der Waals surface area contributed by atoms with Gasteiger partial charge in [0.2, 0.25) is 6.04 Å². The monoisotopic (exact) mass is 253 g/mol. The van der Waals surface area contributed by atoms with Crippen LogP contribution in [0.3, 0.4) is 0 Å². The third-order valence-corrected chi connectivity index (χ3v) is 3.59. The summed E-state index contributed by atoms with van der Waals surface area (Å²) >= 11 is 0. The minimum absolute atomic E-state index is 0.145. The summed E-state index contributed by atoms with van der Waals surface area (Å²) in [6.45, 7) is 0.676. The van der Waals surface area contributed by atoms with E-state index in [4.69, 9.17) is 0 Å². The Morgan fingerprint density at radius 2 is 2.06 bits per heavy atom. The zero-order valence-electron chi connectivity index (χ0n) is 9.90. The Labute approximate surface area is 104 Å². The molecule has 1 aliphatic heterocycles. The van der Waals surface area contributed by atoms with Crippen LogP contribution in [0.4, 0.5) is 0 Å². The molecule has 0 N–H and O–H groups in total. The summed E-state index contributed by atoms with van der Waals surface area (Å²) in [6.07, 6.45) is 8.06. The molecule has 0 radical (unpaired) electrons. The maximum Gasteiger partial charge on any atom is 0.300 e. The summed E-state index contributed by atoms with van der Waals surface area (Å²) in [7, 11) is 0. The van der Waals surface area contributed by atoms with Crippen LogP contribution in [0.2, 0.25) is 0 Å². The number of piperidine rings is 1. The van der Waals surface area contributed by atoms with E-state index < -0.39 is 11.7 Å². The first-order chi connectivity index (χ1) is 8.56. The van der Waals surface area contributed by atoms with Crippen LogP contribution in [-0.2, 0) is 0 Å². The number of nitro groups is 2. The van der Waals surface area contributed by atoms with Crippen LogP contribution in [0.25, 0.3) is 0 Å². The molecule has 98 valence electrons. The molecule has 7 heteroatoms. The predicted molar refractivity (Wildman–Crippen MR) is 64.2 cm³/mol. The lowest BCUT2D eigenvalue weighted by molar-refractivity contribution is -0.594. The molecule has 18 heavy (non-hydrogen) atoms. The van der Waals surface area contributed by atoms with Gasteiger partial charge in [0.05, 0.1) is 13.0 Å². The molecule has 2 rings (SSSR count). The molecule has 2 aliphatic rings. The Hall–Kier alpha value is -1.76. The molecular formula is C11H15N3O4. The summed E-state index contributed by atoms with van der Waals surface area (Å²) in [5.74, 6) is 0. The molecule has 1 saturated heterocycles. The molecule has 0 amide bonds. The summed E-state index contributed by atoms with van der Waals surface area (Å²) < 4.78 is 0. The second-order valence-electron chi connectivity index (χ2n) is 4.65. The lowest BCUT2D eigenvalue weighted by Gasteiger charge is -2.37. The molecule has 2 atom stereocenters. The van der Waals surface area contributed by atoms with E-state index in [0.29, 0.717) is 19.4 Å². The molecule has 1 aliphatic carbocycles. The molecule has 0 aromatic heterocycles. The largest absolute Gasteiger partial charge is 0.300 e. The van der Waals surface area contributed by atoms with E-state index >= 15 is 0 Å². The van der Waals surface area contributed by atoms with Gasteiger partial charge in [0, 0.05) is 28.9 Å². The molecule has 1 heterocycles. The smallest absolute Gasteiger partial charge is 0.264 e. The van der Waals surface area contributed by atoms with Crippen LogP contribution in [-0.4, -0.2) is 39.5 Å². The van der Waals surface area contributed by atoms with Crippen molar-refractivity contribution in [2.45, 2.75) is 31.0 Å². The van der Waals surface area contributed by atoms with Gasteiger partial charge in [-0.05, 0) is 6.42 Å². The molecule has 0 bridgehead atoms. The molecule has 7 nitrogen and oxygen atoms in total. The van der Waals surface area contributed by atoms with E-state index in [2.05, 4.69) is 0 Å². The Morgan fingerprint density at radius 1 is 1.28 bits per heavy atom. The molecule has 0 spiro atoms. The first-order valence-electron chi connectivity index (χ1n) is 5.94. The Morgan fingerprint density at radius 3 is 2.61 bits per heavy atom. The van der Waals surface area contributed by atoms with Crippen LogP contribution < -0.4 is 0 Å². The van der Waals surface area contributed by atoms with E-state index in [1.54, 1.807) is 23.1 Å².